The summed E-state index contributed by atoms with van der Waals surface area (Å²) in [7, 11) is 0. The zero-order chi connectivity index (χ0) is 9.84. The summed E-state index contributed by atoms with van der Waals surface area (Å²) in [4.78, 5) is 14.5. The molecule has 13 heavy (non-hydrogen) atoms. The Kier molecular flexibility index (Phi) is 2.49. The zero-order valence-corrected chi connectivity index (χ0v) is 6.77. The molecule has 5 nitrogen and oxygen atoms in total. The second kappa shape index (κ2) is 3.57. The number of benzene rings is 1. The third-order valence-corrected chi connectivity index (χ3v) is 1.34. The third kappa shape index (κ3) is 2.48. The molecule has 1 rings (SSSR count). The number of nitrogens with two attached hydrogens (primary N) is 2. The molecule has 0 fully saturated rings. The van der Waals surface area contributed by atoms with E-state index in [9.17, 15) is 4.79 Å². The predicted octanol–water partition coefficient (Wildman–Crippen LogP) is -0.194. The lowest BCUT2D eigenvalue weighted by atomic mass is 10.2. The lowest BCUT2D eigenvalue weighted by Gasteiger charge is -1.95. The van der Waals surface area contributed by atoms with E-state index in [2.05, 4.69) is 4.99 Å². The highest BCUT2D eigenvalue weighted by atomic mass is 16.3. The molecule has 0 aliphatic carbocycles. The van der Waals surface area contributed by atoms with Gasteiger partial charge >= 0.3 is 0 Å². The number of hydrogen-bond acceptors (Lipinski definition) is 2. The number of carbonyl (C=O) groups excluding carboxylic acids is 1. The minimum absolute atomic E-state index is 0.0845. The average molecular weight is 179 g/mol. The van der Waals surface area contributed by atoms with Crippen LogP contribution in [0.25, 0.3) is 0 Å². The first-order valence-corrected chi connectivity index (χ1v) is 3.52. The van der Waals surface area contributed by atoms with Gasteiger partial charge in [0.1, 0.15) is 5.75 Å². The Hall–Kier alpha value is -2.04. The highest BCUT2D eigenvalue weighted by molar-refractivity contribution is 6.01. The Morgan fingerprint density at radius 1 is 1.23 bits per heavy atom. The zero-order valence-electron chi connectivity index (χ0n) is 6.77. The Labute approximate surface area is 74.7 Å². The lowest BCUT2D eigenvalue weighted by Crippen LogP contribution is -2.24. The van der Waals surface area contributed by atoms with E-state index in [4.69, 9.17) is 16.6 Å². The van der Waals surface area contributed by atoms with Crippen molar-refractivity contribution in [1.82, 2.24) is 0 Å². The monoisotopic (exact) mass is 179 g/mol. The fourth-order valence-corrected chi connectivity index (χ4v) is 0.786. The largest absolute Gasteiger partial charge is 0.508 e. The lowest BCUT2D eigenvalue weighted by molar-refractivity contribution is 0.100. The van der Waals surface area contributed by atoms with Crippen molar-refractivity contribution < 1.29 is 9.90 Å². The summed E-state index contributed by atoms with van der Waals surface area (Å²) < 4.78 is 0. The summed E-state index contributed by atoms with van der Waals surface area (Å²) in [6, 6.07) is 5.64. The Balaban J connectivity index is 2.90. The molecule has 0 radical (unpaired) electrons. The SMILES string of the molecule is NC(N)=NC(=O)c1ccc(O)cc1. The van der Waals surface area contributed by atoms with Crippen molar-refractivity contribution in [2.24, 2.45) is 16.5 Å². The molecular weight excluding hydrogens is 170 g/mol. The Morgan fingerprint density at radius 3 is 2.23 bits per heavy atom. The molecular formula is C8H9N3O2. The summed E-state index contributed by atoms with van der Waals surface area (Å²) in [5.41, 5.74) is 10.4. The second-order valence-corrected chi connectivity index (χ2v) is 2.39. The fourth-order valence-electron chi connectivity index (χ4n) is 0.786. The Morgan fingerprint density at radius 2 is 1.77 bits per heavy atom. The van der Waals surface area contributed by atoms with E-state index < -0.39 is 5.91 Å². The van der Waals surface area contributed by atoms with E-state index >= 15 is 0 Å². The van der Waals surface area contributed by atoms with Gasteiger partial charge in [0, 0.05) is 5.56 Å². The summed E-state index contributed by atoms with van der Waals surface area (Å²) >= 11 is 0. The number of rotatable bonds is 1. The number of carbonyl (C=O) groups is 1. The van der Waals surface area contributed by atoms with Crippen LogP contribution in [0.4, 0.5) is 0 Å². The molecule has 1 aromatic carbocycles. The molecule has 0 heterocycles. The number of hydrogen-bond donors (Lipinski definition) is 3. The van der Waals surface area contributed by atoms with Crippen molar-refractivity contribution >= 4 is 11.9 Å². The fraction of sp³-hybridized carbons (Fsp3) is 0. The molecule has 0 atom stereocenters. The van der Waals surface area contributed by atoms with Crippen LogP contribution in [0, 0.1) is 0 Å². The first-order valence-electron chi connectivity index (χ1n) is 3.52. The summed E-state index contributed by atoms with van der Waals surface area (Å²) in [5.74, 6) is -0.723. The topological polar surface area (TPSA) is 102 Å². The number of nitrogens with zero attached hydrogens (tertiary/aromatic N) is 1. The van der Waals surface area contributed by atoms with Crippen molar-refractivity contribution in [3.8, 4) is 5.75 Å². The van der Waals surface area contributed by atoms with Gasteiger partial charge in [0.05, 0.1) is 0 Å². The molecule has 1 amide bonds. The molecule has 0 aliphatic heterocycles. The van der Waals surface area contributed by atoms with E-state index in [-0.39, 0.29) is 11.7 Å². The molecule has 0 saturated carbocycles. The Bertz CT molecular complexity index is 339. The van der Waals surface area contributed by atoms with Crippen LogP contribution in [0.1, 0.15) is 10.4 Å². The molecule has 0 aliphatic rings. The predicted molar refractivity (Wildman–Crippen MR) is 48.2 cm³/mol. The standard InChI is InChI=1S/C8H9N3O2/c9-8(10)11-7(13)5-1-3-6(12)4-2-5/h1-4,12H,(H4,9,10,11,13). The maximum atomic E-state index is 11.1. The first-order chi connectivity index (χ1) is 6.09. The minimum atomic E-state index is -0.528. The van der Waals surface area contributed by atoms with Gasteiger partial charge in [0.25, 0.3) is 5.91 Å². The first kappa shape index (κ1) is 9.05. The van der Waals surface area contributed by atoms with Gasteiger partial charge in [-0.05, 0) is 24.3 Å². The van der Waals surface area contributed by atoms with Crippen LogP contribution in [0.15, 0.2) is 29.3 Å². The number of phenolic OH excluding ortho intramolecular Hbond substituents is 1. The number of aliphatic imine (C=N–C) groups is 1. The van der Waals surface area contributed by atoms with E-state index in [0.717, 1.165) is 0 Å². The smallest absolute Gasteiger partial charge is 0.280 e. The van der Waals surface area contributed by atoms with Crippen LogP contribution in [-0.2, 0) is 0 Å². The van der Waals surface area contributed by atoms with E-state index in [1.54, 1.807) is 0 Å². The van der Waals surface area contributed by atoms with Gasteiger partial charge in [-0.2, -0.15) is 4.99 Å². The van der Waals surface area contributed by atoms with Crippen molar-refractivity contribution in [3.05, 3.63) is 29.8 Å². The summed E-state index contributed by atoms with van der Waals surface area (Å²) in [5, 5.41) is 8.92. The van der Waals surface area contributed by atoms with Gasteiger partial charge < -0.3 is 16.6 Å². The number of aromatic hydroxyl groups is 1. The summed E-state index contributed by atoms with van der Waals surface area (Å²) in [6.07, 6.45) is 0. The van der Waals surface area contributed by atoms with Crippen molar-refractivity contribution in [1.29, 1.82) is 0 Å². The van der Waals surface area contributed by atoms with Gasteiger partial charge in [-0.3, -0.25) is 4.79 Å². The highest BCUT2D eigenvalue weighted by Crippen LogP contribution is 2.10. The van der Waals surface area contributed by atoms with Crippen LogP contribution in [0.3, 0.4) is 0 Å². The number of phenols is 1. The highest BCUT2D eigenvalue weighted by Gasteiger charge is 2.02. The third-order valence-electron chi connectivity index (χ3n) is 1.34. The molecule has 1 aromatic rings. The number of amides is 1. The van der Waals surface area contributed by atoms with Gasteiger partial charge in [-0.1, -0.05) is 0 Å². The van der Waals surface area contributed by atoms with Crippen LogP contribution >= 0.6 is 0 Å². The minimum Gasteiger partial charge on any atom is -0.508 e. The average Bonchev–Trinajstić information content (AvgIpc) is 2.04. The molecule has 0 saturated heterocycles. The quantitative estimate of drug-likeness (QED) is 0.410. The van der Waals surface area contributed by atoms with Crippen LogP contribution in [-0.4, -0.2) is 17.0 Å². The molecule has 5 heteroatoms. The van der Waals surface area contributed by atoms with E-state index in [1.165, 1.54) is 24.3 Å². The second-order valence-electron chi connectivity index (χ2n) is 2.39. The molecule has 0 unspecified atom stereocenters. The van der Waals surface area contributed by atoms with Gasteiger partial charge in [-0.15, -0.1) is 0 Å². The molecule has 0 aromatic heterocycles. The number of guanidine groups is 1. The van der Waals surface area contributed by atoms with Gasteiger partial charge in [0.15, 0.2) is 5.96 Å². The van der Waals surface area contributed by atoms with Gasteiger partial charge in [-0.25, -0.2) is 0 Å². The van der Waals surface area contributed by atoms with Crippen molar-refractivity contribution in [3.63, 3.8) is 0 Å². The van der Waals surface area contributed by atoms with E-state index in [1.807, 2.05) is 0 Å². The summed E-state index contributed by atoms with van der Waals surface area (Å²) in [6.45, 7) is 0. The normalized spacial score (nSPS) is 9.23. The van der Waals surface area contributed by atoms with Crippen molar-refractivity contribution in [2.75, 3.05) is 0 Å². The van der Waals surface area contributed by atoms with E-state index in [0.29, 0.717) is 5.56 Å². The van der Waals surface area contributed by atoms with Gasteiger partial charge in [0.2, 0.25) is 0 Å². The van der Waals surface area contributed by atoms with Crippen LogP contribution < -0.4 is 11.5 Å². The molecule has 0 spiro atoms. The molecule has 0 bridgehead atoms. The van der Waals surface area contributed by atoms with Crippen LogP contribution in [0.5, 0.6) is 5.75 Å². The molecule has 68 valence electrons. The maximum Gasteiger partial charge on any atom is 0.280 e. The maximum absolute atomic E-state index is 11.1. The molecule has 5 N–H and O–H groups in total. The van der Waals surface area contributed by atoms with Crippen LogP contribution in [0.2, 0.25) is 0 Å². The van der Waals surface area contributed by atoms with Crippen molar-refractivity contribution in [2.45, 2.75) is 0 Å².